The lowest BCUT2D eigenvalue weighted by atomic mass is 9.77. The minimum atomic E-state index is -0.873. The Bertz CT molecular complexity index is 1430. The van der Waals surface area contributed by atoms with Crippen LogP contribution in [0.25, 0.3) is 11.0 Å². The molecule has 0 N–H and O–H groups in total. The van der Waals surface area contributed by atoms with E-state index in [0.29, 0.717) is 35.2 Å². The van der Waals surface area contributed by atoms with Crippen molar-refractivity contribution in [3.05, 3.63) is 23.9 Å². The average molecular weight is 591 g/mol. The molecule has 1 saturated heterocycles. The van der Waals surface area contributed by atoms with Crippen LogP contribution in [0.3, 0.4) is 0 Å². The lowest BCUT2D eigenvalue weighted by Crippen LogP contribution is -2.46. The first kappa shape index (κ1) is 30.7. The number of carbonyl (C=O) groups is 3. The molecule has 2 aromatic rings. The van der Waals surface area contributed by atoms with Crippen molar-refractivity contribution in [1.82, 2.24) is 14.9 Å². The molecule has 0 radical (unpaired) electrons. The standard InChI is InChI=1S/C33H42N4O6/c1-32(2,3)23-16-29(39)43-33(4)17-20(33)9-7-6-8-10-25-30(36-26-15-21(41-5)11-12-24(26)35-25)42-28-18-37(31(23)40)27(19-38)22(28)13-14-34/h11-12,15,19-20,22-23,27-28H,6-10,13,16-18H2,1-5H3/t20-,22+,23-,27-,28+,33-/m1/s1. The van der Waals surface area contributed by atoms with Gasteiger partial charge in [0.05, 0.1) is 49.1 Å². The summed E-state index contributed by atoms with van der Waals surface area (Å²) < 4.78 is 17.9. The van der Waals surface area contributed by atoms with E-state index in [9.17, 15) is 19.6 Å². The molecule has 2 fully saturated rings. The van der Waals surface area contributed by atoms with Crippen molar-refractivity contribution in [3.8, 4) is 17.7 Å². The number of nitrogens with zero attached hydrogens (tertiary/aromatic N) is 4. The van der Waals surface area contributed by atoms with E-state index in [1.165, 1.54) is 4.90 Å². The predicted molar refractivity (Wildman–Crippen MR) is 158 cm³/mol. The summed E-state index contributed by atoms with van der Waals surface area (Å²) in [6, 6.07) is 6.81. The summed E-state index contributed by atoms with van der Waals surface area (Å²) in [6.45, 7) is 7.80. The molecular formula is C33H42N4O6. The molecule has 3 heterocycles. The Morgan fingerprint density at radius 2 is 1.98 bits per heavy atom. The second kappa shape index (κ2) is 12.1. The van der Waals surface area contributed by atoms with Crippen molar-refractivity contribution in [2.24, 2.45) is 23.2 Å². The third kappa shape index (κ3) is 6.46. The van der Waals surface area contributed by atoms with Crippen LogP contribution in [0, 0.1) is 34.5 Å². The Morgan fingerprint density at radius 1 is 1.19 bits per heavy atom. The molecule has 0 spiro atoms. The van der Waals surface area contributed by atoms with Gasteiger partial charge < -0.3 is 23.9 Å². The van der Waals surface area contributed by atoms with Gasteiger partial charge in [-0.2, -0.15) is 5.26 Å². The topological polar surface area (TPSA) is 132 Å². The maximum absolute atomic E-state index is 14.1. The summed E-state index contributed by atoms with van der Waals surface area (Å²) in [4.78, 5) is 51.0. The summed E-state index contributed by atoms with van der Waals surface area (Å²) in [5.41, 5.74) is 0.959. The Hall–Kier alpha value is -3.74. The van der Waals surface area contributed by atoms with Crippen LogP contribution in [0.15, 0.2) is 18.2 Å². The number of aldehydes is 1. The number of methoxy groups -OCH3 is 1. The van der Waals surface area contributed by atoms with Gasteiger partial charge in [0.25, 0.3) is 0 Å². The van der Waals surface area contributed by atoms with Crippen LogP contribution < -0.4 is 9.47 Å². The highest BCUT2D eigenvalue weighted by Crippen LogP contribution is 2.50. The monoisotopic (exact) mass is 590 g/mol. The molecule has 43 heavy (non-hydrogen) atoms. The second-order valence-electron chi connectivity index (χ2n) is 13.5. The number of aryl methyl sites for hydroxylation is 1. The maximum atomic E-state index is 14.1. The van der Waals surface area contributed by atoms with Crippen LogP contribution in [0.1, 0.15) is 78.3 Å². The molecule has 3 aliphatic rings. The molecule has 1 aliphatic carbocycles. The van der Waals surface area contributed by atoms with Gasteiger partial charge in [0.1, 0.15) is 29.4 Å². The highest BCUT2D eigenvalue weighted by atomic mass is 16.6. The largest absolute Gasteiger partial charge is 0.497 e. The first-order valence-electron chi connectivity index (χ1n) is 15.3. The number of esters is 1. The number of hydrogen-bond acceptors (Lipinski definition) is 9. The number of fused-ring (bicyclic) bond motifs is 5. The van der Waals surface area contributed by atoms with E-state index in [2.05, 4.69) is 6.07 Å². The summed E-state index contributed by atoms with van der Waals surface area (Å²) in [7, 11) is 1.59. The zero-order valence-electron chi connectivity index (χ0n) is 25.8. The minimum absolute atomic E-state index is 0.0178. The number of ether oxygens (including phenoxy) is 3. The fourth-order valence-corrected chi connectivity index (χ4v) is 6.63. The number of rotatable bonds is 3. The van der Waals surface area contributed by atoms with E-state index in [1.54, 1.807) is 13.2 Å². The van der Waals surface area contributed by atoms with Gasteiger partial charge in [-0.05, 0) is 50.2 Å². The normalized spacial score (nSPS) is 30.1. The first-order valence-corrected chi connectivity index (χ1v) is 15.3. The zero-order chi connectivity index (χ0) is 30.9. The molecule has 6 atom stereocenters. The predicted octanol–water partition coefficient (Wildman–Crippen LogP) is 4.82. The van der Waals surface area contributed by atoms with E-state index in [-0.39, 0.29) is 25.3 Å². The summed E-state index contributed by atoms with van der Waals surface area (Å²) in [5.74, 6) is -0.701. The quantitative estimate of drug-likeness (QED) is 0.365. The number of hydrogen-bond donors (Lipinski definition) is 0. The Balaban J connectivity index is 1.54. The number of aromatic nitrogens is 2. The van der Waals surface area contributed by atoms with Crippen LogP contribution in [-0.2, 0) is 25.5 Å². The number of nitriles is 1. The van der Waals surface area contributed by atoms with Gasteiger partial charge in [-0.15, -0.1) is 0 Å². The average Bonchev–Trinajstić information content (AvgIpc) is 3.46. The van der Waals surface area contributed by atoms with Gasteiger partial charge in [0.15, 0.2) is 0 Å². The third-order valence-electron chi connectivity index (χ3n) is 9.45. The van der Waals surface area contributed by atoms with E-state index in [0.717, 1.165) is 43.9 Å². The molecule has 0 unspecified atom stereocenters. The molecule has 10 nitrogen and oxygen atoms in total. The van der Waals surface area contributed by atoms with Crippen molar-refractivity contribution in [1.29, 1.82) is 5.26 Å². The molecule has 10 heteroatoms. The molecule has 1 aromatic heterocycles. The van der Waals surface area contributed by atoms with Gasteiger partial charge in [-0.25, -0.2) is 9.97 Å². The van der Waals surface area contributed by atoms with Gasteiger partial charge in [0, 0.05) is 24.3 Å². The van der Waals surface area contributed by atoms with Crippen molar-refractivity contribution in [2.75, 3.05) is 13.7 Å². The lowest BCUT2D eigenvalue weighted by Gasteiger charge is -2.34. The highest BCUT2D eigenvalue weighted by Gasteiger charge is 2.54. The second-order valence-corrected chi connectivity index (χ2v) is 13.5. The molecule has 5 rings (SSSR count). The van der Waals surface area contributed by atoms with Crippen molar-refractivity contribution < 1.29 is 28.6 Å². The van der Waals surface area contributed by atoms with Gasteiger partial charge in [-0.3, -0.25) is 9.59 Å². The summed E-state index contributed by atoms with van der Waals surface area (Å²) in [6.07, 6.45) is 5.27. The van der Waals surface area contributed by atoms with Crippen LogP contribution >= 0.6 is 0 Å². The third-order valence-corrected chi connectivity index (χ3v) is 9.45. The Labute approximate surface area is 253 Å². The van der Waals surface area contributed by atoms with Crippen LogP contribution in [0.5, 0.6) is 11.6 Å². The maximum Gasteiger partial charge on any atom is 0.307 e. The fourth-order valence-electron chi connectivity index (χ4n) is 6.63. The molecule has 1 amide bonds. The Morgan fingerprint density at radius 3 is 2.67 bits per heavy atom. The van der Waals surface area contributed by atoms with Crippen molar-refractivity contribution in [2.45, 2.75) is 96.8 Å². The summed E-state index contributed by atoms with van der Waals surface area (Å²) >= 11 is 0. The van der Waals surface area contributed by atoms with Gasteiger partial charge in [-0.1, -0.05) is 33.6 Å². The van der Waals surface area contributed by atoms with Crippen LogP contribution in [-0.4, -0.2) is 64.4 Å². The molecule has 2 aliphatic heterocycles. The number of amides is 1. The van der Waals surface area contributed by atoms with Crippen LogP contribution in [0.2, 0.25) is 0 Å². The molecule has 1 aromatic carbocycles. The van der Waals surface area contributed by atoms with E-state index in [1.807, 2.05) is 39.8 Å². The van der Waals surface area contributed by atoms with E-state index in [4.69, 9.17) is 24.2 Å². The van der Waals surface area contributed by atoms with Crippen molar-refractivity contribution >= 4 is 29.2 Å². The smallest absolute Gasteiger partial charge is 0.307 e. The first-order chi connectivity index (χ1) is 20.5. The van der Waals surface area contributed by atoms with Crippen molar-refractivity contribution in [3.63, 3.8) is 0 Å². The summed E-state index contributed by atoms with van der Waals surface area (Å²) in [5, 5.41) is 9.69. The highest BCUT2D eigenvalue weighted by molar-refractivity contribution is 5.87. The van der Waals surface area contributed by atoms with E-state index < -0.39 is 41.0 Å². The molecule has 2 bridgehead atoms. The number of carbonyl (C=O) groups excluding carboxylic acids is 3. The van der Waals surface area contributed by atoms with E-state index >= 15 is 0 Å². The number of benzene rings is 1. The fraction of sp³-hybridized carbons (Fsp3) is 0.636. The Kier molecular flexibility index (Phi) is 8.64. The van der Waals surface area contributed by atoms with Gasteiger partial charge >= 0.3 is 5.97 Å². The van der Waals surface area contributed by atoms with Crippen LogP contribution in [0.4, 0.5) is 0 Å². The molecule has 1 saturated carbocycles. The molecular weight excluding hydrogens is 548 g/mol. The zero-order valence-corrected chi connectivity index (χ0v) is 25.8. The lowest BCUT2D eigenvalue weighted by molar-refractivity contribution is -0.158. The SMILES string of the molecule is COc1ccc2nc3c(nc2c1)O[C@H]1CN(C(=O)[C@H](C(C)(C)C)CC(=O)O[C@]2(C)C[C@H]2CCCCC3)[C@H](C=O)[C@@H]1CC#N. The minimum Gasteiger partial charge on any atom is -0.497 e. The molecule has 230 valence electrons. The van der Waals surface area contributed by atoms with Gasteiger partial charge in [0.2, 0.25) is 11.8 Å².